The van der Waals surface area contributed by atoms with E-state index in [0.29, 0.717) is 0 Å². The number of aliphatic hydroxyl groups is 1. The topological polar surface area (TPSA) is 23.5 Å². The molecule has 0 atom stereocenters. The molecular formula is C7H13NOS. The van der Waals surface area contributed by atoms with Crippen molar-refractivity contribution in [3.63, 3.8) is 0 Å². The fourth-order valence-corrected chi connectivity index (χ4v) is 1.81. The SMILES string of the molecule is CN1C=C(C(C)(C)O)SC1. The van der Waals surface area contributed by atoms with Gasteiger partial charge in [0.2, 0.25) is 0 Å². The molecule has 0 spiro atoms. The maximum Gasteiger partial charge on any atom is 0.0913 e. The first kappa shape index (κ1) is 7.95. The standard InChI is InChI=1S/C7H13NOS/c1-7(2,9)6-4-8(3)5-10-6/h4,9H,5H2,1-3H3. The molecule has 2 nitrogen and oxygen atoms in total. The zero-order chi connectivity index (χ0) is 7.78. The first-order chi connectivity index (χ1) is 4.50. The lowest BCUT2D eigenvalue weighted by Crippen LogP contribution is -2.19. The maximum atomic E-state index is 9.52. The smallest absolute Gasteiger partial charge is 0.0913 e. The van der Waals surface area contributed by atoms with Crippen LogP contribution in [-0.4, -0.2) is 28.5 Å². The van der Waals surface area contributed by atoms with Crippen LogP contribution < -0.4 is 0 Å². The second-order valence-electron chi connectivity index (χ2n) is 3.08. The summed E-state index contributed by atoms with van der Waals surface area (Å²) < 4.78 is 0. The summed E-state index contributed by atoms with van der Waals surface area (Å²) in [4.78, 5) is 3.12. The Labute approximate surface area is 65.9 Å². The van der Waals surface area contributed by atoms with Gasteiger partial charge in [0.25, 0.3) is 0 Å². The summed E-state index contributed by atoms with van der Waals surface area (Å²) in [5, 5.41) is 9.52. The average molecular weight is 159 g/mol. The molecular weight excluding hydrogens is 146 g/mol. The lowest BCUT2D eigenvalue weighted by atomic mass is 10.1. The highest BCUT2D eigenvalue weighted by atomic mass is 32.2. The highest BCUT2D eigenvalue weighted by molar-refractivity contribution is 8.03. The largest absolute Gasteiger partial charge is 0.385 e. The van der Waals surface area contributed by atoms with Crippen LogP contribution in [0.3, 0.4) is 0 Å². The summed E-state index contributed by atoms with van der Waals surface area (Å²) in [5.74, 6) is 0.958. The summed E-state index contributed by atoms with van der Waals surface area (Å²) in [5.41, 5.74) is -0.657. The van der Waals surface area contributed by atoms with E-state index >= 15 is 0 Å². The fourth-order valence-electron chi connectivity index (χ4n) is 0.781. The minimum atomic E-state index is -0.657. The zero-order valence-corrected chi connectivity index (χ0v) is 7.40. The highest BCUT2D eigenvalue weighted by Gasteiger charge is 2.23. The predicted molar refractivity (Wildman–Crippen MR) is 44.6 cm³/mol. The number of rotatable bonds is 1. The Morgan fingerprint density at radius 2 is 2.30 bits per heavy atom. The van der Waals surface area contributed by atoms with E-state index in [1.807, 2.05) is 27.1 Å². The van der Waals surface area contributed by atoms with Gasteiger partial charge in [-0.2, -0.15) is 0 Å². The van der Waals surface area contributed by atoms with Gasteiger partial charge in [0, 0.05) is 18.2 Å². The Balaban J connectivity index is 2.67. The van der Waals surface area contributed by atoms with Crippen LogP contribution in [0.25, 0.3) is 0 Å². The van der Waals surface area contributed by atoms with E-state index in [-0.39, 0.29) is 0 Å². The van der Waals surface area contributed by atoms with Crippen LogP contribution in [0.5, 0.6) is 0 Å². The van der Waals surface area contributed by atoms with Crippen molar-refractivity contribution < 1.29 is 5.11 Å². The molecule has 0 aliphatic carbocycles. The highest BCUT2D eigenvalue weighted by Crippen LogP contribution is 2.32. The van der Waals surface area contributed by atoms with E-state index < -0.39 is 5.60 Å². The Morgan fingerprint density at radius 3 is 2.50 bits per heavy atom. The Hall–Kier alpha value is -0.150. The molecule has 3 heteroatoms. The molecule has 0 aromatic carbocycles. The van der Waals surface area contributed by atoms with Crippen molar-refractivity contribution in [2.75, 3.05) is 12.9 Å². The fraction of sp³-hybridized carbons (Fsp3) is 0.714. The van der Waals surface area contributed by atoms with Crippen molar-refractivity contribution in [1.82, 2.24) is 4.90 Å². The summed E-state index contributed by atoms with van der Waals surface area (Å²) in [6, 6.07) is 0. The molecule has 1 rings (SSSR count). The molecule has 0 amide bonds. The lowest BCUT2D eigenvalue weighted by molar-refractivity contribution is 0.128. The molecule has 0 aromatic heterocycles. The van der Waals surface area contributed by atoms with Gasteiger partial charge in [-0.15, -0.1) is 11.8 Å². The minimum Gasteiger partial charge on any atom is -0.385 e. The zero-order valence-electron chi connectivity index (χ0n) is 6.59. The maximum absolute atomic E-state index is 9.52. The van der Waals surface area contributed by atoms with E-state index in [4.69, 9.17) is 0 Å². The normalized spacial score (nSPS) is 19.6. The lowest BCUT2D eigenvalue weighted by Gasteiger charge is -2.16. The van der Waals surface area contributed by atoms with Crippen molar-refractivity contribution in [2.45, 2.75) is 19.4 Å². The number of hydrogen-bond acceptors (Lipinski definition) is 3. The second-order valence-corrected chi connectivity index (χ2v) is 4.07. The van der Waals surface area contributed by atoms with E-state index in [1.165, 1.54) is 0 Å². The van der Waals surface area contributed by atoms with Crippen LogP contribution >= 0.6 is 11.8 Å². The van der Waals surface area contributed by atoms with Gasteiger partial charge in [0.05, 0.1) is 11.5 Å². The van der Waals surface area contributed by atoms with Crippen molar-refractivity contribution in [2.24, 2.45) is 0 Å². The molecule has 10 heavy (non-hydrogen) atoms. The third-order valence-electron chi connectivity index (χ3n) is 1.36. The minimum absolute atomic E-state index is 0.657. The molecule has 1 N–H and O–H groups in total. The van der Waals surface area contributed by atoms with Crippen molar-refractivity contribution in [3.05, 3.63) is 11.1 Å². The molecule has 1 aliphatic rings. The van der Waals surface area contributed by atoms with Gasteiger partial charge >= 0.3 is 0 Å². The van der Waals surface area contributed by atoms with Gasteiger partial charge in [-0.25, -0.2) is 0 Å². The number of hydrogen-bond donors (Lipinski definition) is 1. The van der Waals surface area contributed by atoms with Crippen LogP contribution in [0.1, 0.15) is 13.8 Å². The van der Waals surface area contributed by atoms with Gasteiger partial charge in [-0.1, -0.05) is 0 Å². The molecule has 0 saturated carbocycles. The summed E-state index contributed by atoms with van der Waals surface area (Å²) >= 11 is 1.69. The quantitative estimate of drug-likeness (QED) is 0.622. The van der Waals surface area contributed by atoms with E-state index in [2.05, 4.69) is 4.90 Å². The first-order valence-corrected chi connectivity index (χ1v) is 4.26. The van der Waals surface area contributed by atoms with Crippen molar-refractivity contribution >= 4 is 11.8 Å². The Bertz CT molecular complexity index is 159. The molecule has 0 unspecified atom stereocenters. The van der Waals surface area contributed by atoms with Crippen molar-refractivity contribution in [1.29, 1.82) is 0 Å². The molecule has 0 bridgehead atoms. The monoisotopic (exact) mass is 159 g/mol. The van der Waals surface area contributed by atoms with Gasteiger partial charge in [-0.05, 0) is 13.8 Å². The van der Waals surface area contributed by atoms with Gasteiger partial charge < -0.3 is 10.0 Å². The Morgan fingerprint density at radius 1 is 1.70 bits per heavy atom. The van der Waals surface area contributed by atoms with E-state index in [9.17, 15) is 5.11 Å². The summed E-state index contributed by atoms with van der Waals surface area (Å²) in [6.45, 7) is 3.62. The van der Waals surface area contributed by atoms with E-state index in [1.54, 1.807) is 11.8 Å². The van der Waals surface area contributed by atoms with E-state index in [0.717, 1.165) is 10.8 Å². The van der Waals surface area contributed by atoms with Gasteiger partial charge in [0.1, 0.15) is 0 Å². The third kappa shape index (κ3) is 1.67. The molecule has 0 saturated heterocycles. The molecule has 1 heterocycles. The van der Waals surface area contributed by atoms with Gasteiger partial charge in [0.15, 0.2) is 0 Å². The average Bonchev–Trinajstić information content (AvgIpc) is 2.11. The molecule has 0 fully saturated rings. The van der Waals surface area contributed by atoms with Crippen LogP contribution in [0, 0.1) is 0 Å². The third-order valence-corrected chi connectivity index (χ3v) is 2.82. The van der Waals surface area contributed by atoms with Crippen molar-refractivity contribution in [3.8, 4) is 0 Å². The summed E-state index contributed by atoms with van der Waals surface area (Å²) in [7, 11) is 2.01. The van der Waals surface area contributed by atoms with Crippen LogP contribution in [0.2, 0.25) is 0 Å². The van der Waals surface area contributed by atoms with Gasteiger partial charge in [-0.3, -0.25) is 0 Å². The second kappa shape index (κ2) is 2.47. The predicted octanol–water partition coefficient (Wildman–Crippen LogP) is 1.23. The van der Waals surface area contributed by atoms with Crippen LogP contribution in [0.15, 0.2) is 11.1 Å². The molecule has 58 valence electrons. The number of thioether (sulfide) groups is 1. The number of nitrogens with zero attached hydrogens (tertiary/aromatic N) is 1. The Kier molecular flexibility index (Phi) is 1.97. The molecule has 0 radical (unpaired) electrons. The molecule has 1 aliphatic heterocycles. The van der Waals surface area contributed by atoms with Crippen LogP contribution in [0.4, 0.5) is 0 Å². The molecule has 0 aromatic rings. The first-order valence-electron chi connectivity index (χ1n) is 3.28. The summed E-state index contributed by atoms with van der Waals surface area (Å²) in [6.07, 6.45) is 1.99. The van der Waals surface area contributed by atoms with Crippen LogP contribution in [-0.2, 0) is 0 Å².